The number of carbonyl (C=O) groups excluding carboxylic acids is 1. The highest BCUT2D eigenvalue weighted by Gasteiger charge is 2.55. The number of nitrogens with one attached hydrogen (secondary N) is 1. The SMILES string of the molecule is CC(C)(C)[Si](O[C@@H]1C(=O)N[C@@H]1c1ccccc1)(c1ccccc1)c1ccccc1. The number of hydrogen-bond donors (Lipinski definition) is 1. The summed E-state index contributed by atoms with van der Waals surface area (Å²) in [6, 6.07) is 30.9. The van der Waals surface area contributed by atoms with Gasteiger partial charge in [-0.05, 0) is 21.0 Å². The lowest BCUT2D eigenvalue weighted by atomic mass is 9.94. The van der Waals surface area contributed by atoms with Gasteiger partial charge < -0.3 is 9.74 Å². The highest BCUT2D eigenvalue weighted by molar-refractivity contribution is 6.99. The minimum absolute atomic E-state index is 0.0353. The molecule has 1 aliphatic heterocycles. The summed E-state index contributed by atoms with van der Waals surface area (Å²) in [7, 11) is -2.76. The maximum absolute atomic E-state index is 12.7. The summed E-state index contributed by atoms with van der Waals surface area (Å²) < 4.78 is 7.02. The molecule has 148 valence electrons. The zero-order chi connectivity index (χ0) is 20.5. The molecule has 4 rings (SSSR count). The van der Waals surface area contributed by atoms with Crippen LogP contribution in [-0.4, -0.2) is 20.3 Å². The molecule has 1 aliphatic rings. The first kappa shape index (κ1) is 19.6. The summed E-state index contributed by atoms with van der Waals surface area (Å²) in [5.41, 5.74) is 1.08. The molecular weight excluding hydrogens is 374 g/mol. The Labute approximate surface area is 173 Å². The summed E-state index contributed by atoms with van der Waals surface area (Å²) >= 11 is 0. The fourth-order valence-corrected chi connectivity index (χ4v) is 8.93. The van der Waals surface area contributed by atoms with Gasteiger partial charge in [0.1, 0.15) is 6.10 Å². The van der Waals surface area contributed by atoms with Gasteiger partial charge in [0.2, 0.25) is 0 Å². The van der Waals surface area contributed by atoms with E-state index in [1.807, 2.05) is 42.5 Å². The second-order valence-corrected chi connectivity index (χ2v) is 12.9. The highest BCUT2D eigenvalue weighted by atomic mass is 28.4. The predicted octanol–water partition coefficient (Wildman–Crippen LogP) is 3.80. The van der Waals surface area contributed by atoms with Gasteiger partial charge in [0, 0.05) is 0 Å². The Hall–Kier alpha value is -2.69. The summed E-state index contributed by atoms with van der Waals surface area (Å²) in [6.07, 6.45) is -0.497. The van der Waals surface area contributed by atoms with Crippen LogP contribution < -0.4 is 15.7 Å². The molecule has 2 atom stereocenters. The molecule has 3 aromatic rings. The van der Waals surface area contributed by atoms with Crippen LogP contribution in [0.5, 0.6) is 0 Å². The van der Waals surface area contributed by atoms with Crippen LogP contribution in [0.2, 0.25) is 5.04 Å². The van der Waals surface area contributed by atoms with Crippen molar-refractivity contribution in [3.63, 3.8) is 0 Å². The van der Waals surface area contributed by atoms with Gasteiger partial charge in [-0.2, -0.15) is 0 Å². The van der Waals surface area contributed by atoms with Gasteiger partial charge in [-0.25, -0.2) is 0 Å². The molecule has 0 aromatic heterocycles. The molecule has 0 spiro atoms. The van der Waals surface area contributed by atoms with E-state index in [1.54, 1.807) is 0 Å². The number of β-lactam (4-membered cyclic amide) rings is 1. The van der Waals surface area contributed by atoms with Crippen molar-refractivity contribution in [3.8, 4) is 0 Å². The normalized spacial score (nSPS) is 19.3. The molecule has 1 amide bonds. The third-order valence-electron chi connectivity index (χ3n) is 5.74. The lowest BCUT2D eigenvalue weighted by Crippen LogP contribution is -2.72. The number of carbonyl (C=O) groups is 1. The Bertz CT molecular complexity index is 928. The van der Waals surface area contributed by atoms with Crippen molar-refractivity contribution in [1.82, 2.24) is 5.32 Å². The number of rotatable bonds is 5. The fraction of sp³-hybridized carbons (Fsp3) is 0.240. The largest absolute Gasteiger partial charge is 0.393 e. The Morgan fingerprint density at radius 3 is 1.62 bits per heavy atom. The standard InChI is InChI=1S/C25H27NO2Si/c1-25(2,3)29(20-15-9-5-10-16-20,21-17-11-6-12-18-21)28-23-22(26-24(23)27)19-13-7-4-8-14-19/h4-18,22-23H,1-3H3,(H,26,27)/t22-,23+/m1/s1. The molecule has 3 nitrogen and oxygen atoms in total. The van der Waals surface area contributed by atoms with Gasteiger partial charge in [0.15, 0.2) is 0 Å². The second-order valence-electron chi connectivity index (χ2n) is 8.60. The van der Waals surface area contributed by atoms with E-state index in [0.29, 0.717) is 0 Å². The van der Waals surface area contributed by atoms with E-state index in [4.69, 9.17) is 4.43 Å². The van der Waals surface area contributed by atoms with E-state index in [0.717, 1.165) is 5.56 Å². The van der Waals surface area contributed by atoms with Crippen molar-refractivity contribution in [3.05, 3.63) is 96.6 Å². The van der Waals surface area contributed by atoms with E-state index in [-0.39, 0.29) is 17.0 Å². The van der Waals surface area contributed by atoms with Gasteiger partial charge in [-0.1, -0.05) is 112 Å². The molecule has 1 N–H and O–H groups in total. The number of benzene rings is 3. The molecule has 3 aromatic carbocycles. The number of amides is 1. The van der Waals surface area contributed by atoms with Crippen molar-refractivity contribution >= 4 is 24.6 Å². The zero-order valence-corrected chi connectivity index (χ0v) is 18.1. The summed E-state index contributed by atoms with van der Waals surface area (Å²) in [5, 5.41) is 5.26. The molecular formula is C25H27NO2Si. The molecule has 29 heavy (non-hydrogen) atoms. The second kappa shape index (κ2) is 7.62. The Balaban J connectivity index is 1.84. The van der Waals surface area contributed by atoms with E-state index in [1.165, 1.54) is 10.4 Å². The first-order valence-corrected chi connectivity index (χ1v) is 12.0. The van der Waals surface area contributed by atoms with Crippen LogP contribution in [0.3, 0.4) is 0 Å². The molecule has 0 aliphatic carbocycles. The van der Waals surface area contributed by atoms with Crippen LogP contribution >= 0.6 is 0 Å². The van der Waals surface area contributed by atoms with Gasteiger partial charge in [-0.15, -0.1) is 0 Å². The third-order valence-corrected chi connectivity index (χ3v) is 10.8. The maximum atomic E-state index is 12.7. The summed E-state index contributed by atoms with van der Waals surface area (Å²) in [4.78, 5) is 12.7. The predicted molar refractivity (Wildman–Crippen MR) is 120 cm³/mol. The van der Waals surface area contributed by atoms with E-state index >= 15 is 0 Å². The lowest BCUT2D eigenvalue weighted by molar-refractivity contribution is -0.141. The molecule has 0 unspecified atom stereocenters. The molecule has 0 radical (unpaired) electrons. The molecule has 0 saturated carbocycles. The minimum atomic E-state index is -2.76. The van der Waals surface area contributed by atoms with Crippen molar-refractivity contribution in [2.45, 2.75) is 38.0 Å². The summed E-state index contributed by atoms with van der Waals surface area (Å²) in [6.45, 7) is 6.69. The van der Waals surface area contributed by atoms with Crippen LogP contribution in [0.1, 0.15) is 32.4 Å². The summed E-state index contributed by atoms with van der Waals surface area (Å²) in [5.74, 6) is -0.0353. The maximum Gasteiger partial charge on any atom is 0.262 e. The molecule has 1 fully saturated rings. The fourth-order valence-electron chi connectivity index (χ4n) is 4.29. The van der Waals surface area contributed by atoms with Crippen molar-refractivity contribution in [2.24, 2.45) is 0 Å². The average Bonchev–Trinajstić information content (AvgIpc) is 2.73. The highest BCUT2D eigenvalue weighted by Crippen LogP contribution is 2.40. The van der Waals surface area contributed by atoms with Gasteiger partial charge in [0.05, 0.1) is 6.04 Å². The first-order chi connectivity index (χ1) is 13.9. The van der Waals surface area contributed by atoms with Gasteiger partial charge in [-0.3, -0.25) is 4.79 Å². The minimum Gasteiger partial charge on any atom is -0.393 e. The van der Waals surface area contributed by atoms with E-state index < -0.39 is 14.4 Å². The Kier molecular flexibility index (Phi) is 5.15. The Morgan fingerprint density at radius 2 is 1.21 bits per heavy atom. The van der Waals surface area contributed by atoms with Crippen LogP contribution in [-0.2, 0) is 9.22 Å². The average molecular weight is 402 g/mol. The molecule has 0 bridgehead atoms. The quantitative estimate of drug-likeness (QED) is 0.522. The van der Waals surface area contributed by atoms with Crippen LogP contribution in [0.15, 0.2) is 91.0 Å². The molecule has 1 saturated heterocycles. The smallest absolute Gasteiger partial charge is 0.262 e. The zero-order valence-electron chi connectivity index (χ0n) is 17.1. The topological polar surface area (TPSA) is 38.3 Å². The van der Waals surface area contributed by atoms with Gasteiger partial charge in [0.25, 0.3) is 14.2 Å². The van der Waals surface area contributed by atoms with E-state index in [2.05, 4.69) is 74.6 Å². The molecule has 1 heterocycles. The van der Waals surface area contributed by atoms with Crippen molar-refractivity contribution in [1.29, 1.82) is 0 Å². The van der Waals surface area contributed by atoms with Gasteiger partial charge >= 0.3 is 0 Å². The van der Waals surface area contributed by atoms with Crippen LogP contribution in [0, 0.1) is 0 Å². The third kappa shape index (κ3) is 3.43. The van der Waals surface area contributed by atoms with Crippen LogP contribution in [0.25, 0.3) is 0 Å². The van der Waals surface area contributed by atoms with Crippen molar-refractivity contribution in [2.75, 3.05) is 0 Å². The monoisotopic (exact) mass is 401 g/mol. The number of hydrogen-bond acceptors (Lipinski definition) is 2. The lowest BCUT2D eigenvalue weighted by Gasteiger charge is -2.49. The van der Waals surface area contributed by atoms with Crippen molar-refractivity contribution < 1.29 is 9.22 Å². The van der Waals surface area contributed by atoms with E-state index in [9.17, 15) is 4.79 Å². The Morgan fingerprint density at radius 1 is 0.759 bits per heavy atom. The molecule has 4 heteroatoms. The first-order valence-electron chi connectivity index (χ1n) is 10.1. The van der Waals surface area contributed by atoms with Crippen LogP contribution in [0.4, 0.5) is 0 Å².